The molecule has 9 heteroatoms. The molecule has 1 fully saturated rings. The Balaban J connectivity index is 0.00000200. The normalized spacial score (nSPS) is 16.1. The van der Waals surface area contributed by atoms with Crippen molar-refractivity contribution >= 4 is 65.3 Å². The summed E-state index contributed by atoms with van der Waals surface area (Å²) in [6, 6.07) is 1.92. The van der Waals surface area contributed by atoms with Crippen LogP contribution in [0.25, 0.3) is 0 Å². The number of carboxylic acid groups (broad SMARTS) is 1. The first kappa shape index (κ1) is 21.2. The second kappa shape index (κ2) is 10.1. The molecule has 0 aliphatic carbocycles. The van der Waals surface area contributed by atoms with Gasteiger partial charge in [0, 0.05) is 39.3 Å². The Labute approximate surface area is 150 Å². The van der Waals surface area contributed by atoms with Crippen LogP contribution in [0, 0.1) is 0 Å². The van der Waals surface area contributed by atoms with E-state index in [1.54, 1.807) is 0 Å². The monoisotopic (exact) mass is 394 g/mol. The molecule has 122 valence electrons. The van der Waals surface area contributed by atoms with Gasteiger partial charge in [-0.3, -0.25) is 9.69 Å². The van der Waals surface area contributed by atoms with Gasteiger partial charge in [0.2, 0.25) is 0 Å². The van der Waals surface area contributed by atoms with E-state index in [0.29, 0.717) is 6.54 Å². The van der Waals surface area contributed by atoms with E-state index in [9.17, 15) is 4.79 Å². The fourth-order valence-electron chi connectivity index (χ4n) is 2.15. The van der Waals surface area contributed by atoms with Gasteiger partial charge in [-0.25, -0.2) is 0 Å². The van der Waals surface area contributed by atoms with Crippen molar-refractivity contribution in [2.24, 2.45) is 0 Å². The predicted molar refractivity (Wildman–Crippen MR) is 92.8 cm³/mol. The largest absolute Gasteiger partial charge is 0.481 e. The molecule has 1 aliphatic rings. The fraction of sp³-hybridized carbons (Fsp3) is 0.583. The molecule has 1 aromatic rings. The summed E-state index contributed by atoms with van der Waals surface area (Å²) in [7, 11) is 0. The van der Waals surface area contributed by atoms with Gasteiger partial charge in [-0.05, 0) is 11.6 Å². The lowest BCUT2D eigenvalue weighted by atomic mass is 10.2. The Morgan fingerprint density at radius 3 is 2.24 bits per heavy atom. The Hall–Kier alpha value is 0.250. The highest BCUT2D eigenvalue weighted by Crippen LogP contribution is 2.32. The Morgan fingerprint density at radius 2 is 1.76 bits per heavy atom. The lowest BCUT2D eigenvalue weighted by Crippen LogP contribution is -2.46. The molecule has 1 N–H and O–H groups in total. The van der Waals surface area contributed by atoms with Gasteiger partial charge in [-0.1, -0.05) is 23.2 Å². The van der Waals surface area contributed by atoms with Gasteiger partial charge >= 0.3 is 5.97 Å². The SMILES string of the molecule is Cl.Cl.O=C(O)CCN1CCN(Cc2cc(Cl)sc2Cl)CC1. The molecule has 1 aliphatic heterocycles. The van der Waals surface area contributed by atoms with Crippen LogP contribution in [-0.2, 0) is 11.3 Å². The highest BCUT2D eigenvalue weighted by atomic mass is 35.5. The Bertz CT molecular complexity index is 450. The number of halogens is 4. The van der Waals surface area contributed by atoms with Crippen LogP contribution in [-0.4, -0.2) is 53.6 Å². The molecule has 0 bridgehead atoms. The number of aliphatic carboxylic acids is 1. The molecule has 2 heterocycles. The van der Waals surface area contributed by atoms with E-state index in [1.165, 1.54) is 11.3 Å². The van der Waals surface area contributed by atoms with Gasteiger partial charge in [-0.15, -0.1) is 36.2 Å². The van der Waals surface area contributed by atoms with E-state index in [2.05, 4.69) is 9.80 Å². The van der Waals surface area contributed by atoms with E-state index in [-0.39, 0.29) is 31.2 Å². The van der Waals surface area contributed by atoms with E-state index < -0.39 is 5.97 Å². The van der Waals surface area contributed by atoms with Gasteiger partial charge in [0.1, 0.15) is 0 Å². The lowest BCUT2D eigenvalue weighted by molar-refractivity contribution is -0.137. The van der Waals surface area contributed by atoms with Crippen LogP contribution >= 0.6 is 59.4 Å². The molecule has 0 amide bonds. The second-order valence-electron chi connectivity index (χ2n) is 4.61. The highest BCUT2D eigenvalue weighted by Gasteiger charge is 2.18. The van der Waals surface area contributed by atoms with Crippen LogP contribution in [0.1, 0.15) is 12.0 Å². The van der Waals surface area contributed by atoms with Crippen molar-refractivity contribution in [3.05, 3.63) is 20.3 Å². The molecule has 0 spiro atoms. The summed E-state index contributed by atoms with van der Waals surface area (Å²) in [6.07, 6.45) is 0.214. The summed E-state index contributed by atoms with van der Waals surface area (Å²) in [4.78, 5) is 15.0. The third-order valence-electron chi connectivity index (χ3n) is 3.23. The second-order valence-corrected chi connectivity index (χ2v) is 6.90. The number of piperazine rings is 1. The number of rotatable bonds is 5. The number of carbonyl (C=O) groups is 1. The van der Waals surface area contributed by atoms with Crippen molar-refractivity contribution in [1.29, 1.82) is 0 Å². The average Bonchev–Trinajstić information content (AvgIpc) is 2.67. The summed E-state index contributed by atoms with van der Waals surface area (Å²) in [5, 5.41) is 8.66. The number of nitrogens with zero attached hydrogens (tertiary/aromatic N) is 2. The van der Waals surface area contributed by atoms with Crippen molar-refractivity contribution < 1.29 is 9.90 Å². The van der Waals surface area contributed by atoms with E-state index in [4.69, 9.17) is 28.3 Å². The van der Waals surface area contributed by atoms with Crippen LogP contribution in [0.2, 0.25) is 8.67 Å². The van der Waals surface area contributed by atoms with Crippen LogP contribution in [0.4, 0.5) is 0 Å². The van der Waals surface area contributed by atoms with E-state index >= 15 is 0 Å². The third kappa shape index (κ3) is 6.91. The molecular weight excluding hydrogens is 378 g/mol. The van der Waals surface area contributed by atoms with Crippen molar-refractivity contribution in [2.45, 2.75) is 13.0 Å². The third-order valence-corrected chi connectivity index (χ3v) is 4.80. The standard InChI is InChI=1S/C12H16Cl2N2O2S.2ClH/c13-10-7-9(12(14)19-10)8-16-5-3-15(4-6-16)2-1-11(17)18;;/h7H,1-6,8H2,(H,17,18);2*1H. The van der Waals surface area contributed by atoms with Crippen molar-refractivity contribution in [1.82, 2.24) is 9.80 Å². The molecule has 1 aromatic heterocycles. The van der Waals surface area contributed by atoms with Gasteiger partial charge in [0.05, 0.1) is 15.1 Å². The minimum Gasteiger partial charge on any atom is -0.481 e. The zero-order chi connectivity index (χ0) is 13.8. The summed E-state index contributed by atoms with van der Waals surface area (Å²) < 4.78 is 1.48. The molecule has 4 nitrogen and oxygen atoms in total. The zero-order valence-electron chi connectivity index (χ0n) is 11.3. The molecule has 0 saturated carbocycles. The number of hydrogen-bond donors (Lipinski definition) is 1. The average molecular weight is 396 g/mol. The minimum absolute atomic E-state index is 0. The van der Waals surface area contributed by atoms with E-state index in [1.807, 2.05) is 6.07 Å². The van der Waals surface area contributed by atoms with Crippen molar-refractivity contribution in [2.75, 3.05) is 32.7 Å². The molecule has 21 heavy (non-hydrogen) atoms. The molecule has 2 rings (SSSR count). The van der Waals surface area contributed by atoms with Crippen molar-refractivity contribution in [3.8, 4) is 0 Å². The minimum atomic E-state index is -0.734. The topological polar surface area (TPSA) is 43.8 Å². The predicted octanol–water partition coefficient (Wildman–Crippen LogP) is 3.49. The van der Waals surface area contributed by atoms with Crippen LogP contribution in [0.3, 0.4) is 0 Å². The molecular formula is C12H18Cl4N2O2S. The molecule has 0 atom stereocenters. The summed E-state index contributed by atoms with van der Waals surface area (Å²) in [5.41, 5.74) is 1.08. The first-order valence-electron chi connectivity index (χ1n) is 6.15. The zero-order valence-corrected chi connectivity index (χ0v) is 15.2. The maximum atomic E-state index is 10.5. The first-order chi connectivity index (χ1) is 9.04. The molecule has 0 radical (unpaired) electrons. The number of thiophene rings is 1. The summed E-state index contributed by atoms with van der Waals surface area (Å²) >= 11 is 13.4. The van der Waals surface area contributed by atoms with Crippen LogP contribution < -0.4 is 0 Å². The highest BCUT2D eigenvalue weighted by molar-refractivity contribution is 7.20. The Morgan fingerprint density at radius 1 is 1.19 bits per heavy atom. The smallest absolute Gasteiger partial charge is 0.304 e. The summed E-state index contributed by atoms with van der Waals surface area (Å²) in [5.74, 6) is -0.734. The maximum absolute atomic E-state index is 10.5. The van der Waals surface area contributed by atoms with Gasteiger partial charge < -0.3 is 10.0 Å². The van der Waals surface area contributed by atoms with E-state index in [0.717, 1.165) is 47.0 Å². The first-order valence-corrected chi connectivity index (χ1v) is 7.72. The molecule has 0 aromatic carbocycles. The fourth-order valence-corrected chi connectivity index (χ4v) is 3.62. The molecule has 0 unspecified atom stereocenters. The number of carboxylic acids is 1. The Kier molecular flexibility index (Phi) is 10.2. The lowest BCUT2D eigenvalue weighted by Gasteiger charge is -2.34. The number of hydrogen-bond acceptors (Lipinski definition) is 4. The van der Waals surface area contributed by atoms with Gasteiger partial charge in [0.25, 0.3) is 0 Å². The quantitative estimate of drug-likeness (QED) is 0.828. The maximum Gasteiger partial charge on any atom is 0.304 e. The van der Waals surface area contributed by atoms with Crippen LogP contribution in [0.5, 0.6) is 0 Å². The molecule has 1 saturated heterocycles. The van der Waals surface area contributed by atoms with Crippen molar-refractivity contribution in [3.63, 3.8) is 0 Å². The van der Waals surface area contributed by atoms with Gasteiger partial charge in [-0.2, -0.15) is 0 Å². The summed E-state index contributed by atoms with van der Waals surface area (Å²) in [6.45, 7) is 5.13. The van der Waals surface area contributed by atoms with Crippen LogP contribution in [0.15, 0.2) is 6.07 Å². The van der Waals surface area contributed by atoms with Gasteiger partial charge in [0.15, 0.2) is 0 Å².